The van der Waals surface area contributed by atoms with Gasteiger partial charge in [-0.3, -0.25) is 19.3 Å². The van der Waals surface area contributed by atoms with E-state index in [0.717, 1.165) is 6.42 Å². The van der Waals surface area contributed by atoms with Crippen molar-refractivity contribution in [2.24, 2.45) is 5.41 Å². The van der Waals surface area contributed by atoms with Crippen molar-refractivity contribution < 1.29 is 19.1 Å². The third-order valence-electron chi connectivity index (χ3n) is 7.76. The van der Waals surface area contributed by atoms with Gasteiger partial charge >= 0.3 is 0 Å². The van der Waals surface area contributed by atoms with Crippen LogP contribution in [0.1, 0.15) is 50.7 Å². The lowest BCUT2D eigenvalue weighted by atomic mass is 9.75. The Hall–Kier alpha value is -2.99. The van der Waals surface area contributed by atoms with E-state index in [-0.39, 0.29) is 41.4 Å². The van der Waals surface area contributed by atoms with Crippen LogP contribution in [-0.4, -0.2) is 49.4 Å². The van der Waals surface area contributed by atoms with E-state index >= 15 is 0 Å². The van der Waals surface area contributed by atoms with Crippen LogP contribution in [-0.2, 0) is 30.0 Å². The zero-order chi connectivity index (χ0) is 24.4. The number of nitrogens with one attached hydrogen (secondary N) is 1. The van der Waals surface area contributed by atoms with Gasteiger partial charge in [-0.2, -0.15) is 0 Å². The molecular formula is C28H34N2O4. The molecule has 0 radical (unpaired) electrons. The van der Waals surface area contributed by atoms with Crippen LogP contribution in [0, 0.1) is 5.41 Å². The van der Waals surface area contributed by atoms with Crippen molar-refractivity contribution in [3.63, 3.8) is 0 Å². The number of amides is 3. The average molecular weight is 463 g/mol. The SMILES string of the molecule is COCCCN1C(=O)CC(CC(=O)NCC2(c3ccccc3)CC2(C)C)(c2ccccc2)C1=O. The molecule has 6 nitrogen and oxygen atoms in total. The Morgan fingerprint density at radius 2 is 1.59 bits per heavy atom. The summed E-state index contributed by atoms with van der Waals surface area (Å²) >= 11 is 0. The molecule has 1 aliphatic heterocycles. The van der Waals surface area contributed by atoms with Gasteiger partial charge in [0.15, 0.2) is 0 Å². The van der Waals surface area contributed by atoms with Gasteiger partial charge in [-0.1, -0.05) is 74.5 Å². The Labute approximate surface area is 201 Å². The Morgan fingerprint density at radius 1 is 1.00 bits per heavy atom. The zero-order valence-corrected chi connectivity index (χ0v) is 20.3. The molecule has 2 aromatic carbocycles. The van der Waals surface area contributed by atoms with E-state index in [4.69, 9.17) is 4.74 Å². The zero-order valence-electron chi connectivity index (χ0n) is 20.3. The number of carbonyl (C=O) groups excluding carboxylic acids is 3. The summed E-state index contributed by atoms with van der Waals surface area (Å²) in [7, 11) is 1.59. The number of nitrogens with zero attached hydrogens (tertiary/aromatic N) is 1. The molecule has 180 valence electrons. The number of ether oxygens (including phenoxy) is 1. The number of imide groups is 1. The maximum Gasteiger partial charge on any atom is 0.240 e. The lowest BCUT2D eigenvalue weighted by Crippen LogP contribution is -2.44. The summed E-state index contributed by atoms with van der Waals surface area (Å²) in [4.78, 5) is 41.1. The van der Waals surface area contributed by atoms with Crippen LogP contribution in [0.4, 0.5) is 0 Å². The van der Waals surface area contributed by atoms with Gasteiger partial charge in [-0.15, -0.1) is 0 Å². The molecule has 1 N–H and O–H groups in total. The number of hydrogen-bond donors (Lipinski definition) is 1. The molecule has 2 aromatic rings. The van der Waals surface area contributed by atoms with Crippen molar-refractivity contribution in [3.8, 4) is 0 Å². The first-order valence-electron chi connectivity index (χ1n) is 12.0. The minimum Gasteiger partial charge on any atom is -0.385 e. The van der Waals surface area contributed by atoms with Crippen LogP contribution in [0.15, 0.2) is 60.7 Å². The average Bonchev–Trinajstić information content (AvgIpc) is 3.33. The van der Waals surface area contributed by atoms with Gasteiger partial charge < -0.3 is 10.1 Å². The lowest BCUT2D eigenvalue weighted by molar-refractivity contribution is -0.141. The van der Waals surface area contributed by atoms with Crippen molar-refractivity contribution in [3.05, 3.63) is 71.8 Å². The molecule has 2 unspecified atom stereocenters. The Morgan fingerprint density at radius 3 is 2.15 bits per heavy atom. The van der Waals surface area contributed by atoms with Crippen LogP contribution in [0.3, 0.4) is 0 Å². The minimum atomic E-state index is -1.17. The standard InChI is InChI=1S/C28H34N2O4/c1-26(2)19-28(26,22-13-8-5-9-14-22)20-29-23(31)17-27(21-11-6-4-7-12-21)18-24(32)30(25(27)33)15-10-16-34-3/h4-9,11-14H,10,15-20H2,1-3H3,(H,29,31). The number of methoxy groups -OCH3 is 1. The number of carbonyl (C=O) groups is 3. The monoisotopic (exact) mass is 462 g/mol. The van der Waals surface area contributed by atoms with E-state index < -0.39 is 5.41 Å². The van der Waals surface area contributed by atoms with Gasteiger partial charge in [0.05, 0.1) is 5.41 Å². The minimum absolute atomic E-state index is 0.00553. The van der Waals surface area contributed by atoms with E-state index in [9.17, 15) is 14.4 Å². The fourth-order valence-electron chi connectivity index (χ4n) is 5.57. The molecule has 2 aliphatic rings. The summed E-state index contributed by atoms with van der Waals surface area (Å²) in [6.07, 6.45) is 1.51. The van der Waals surface area contributed by atoms with Gasteiger partial charge in [0.2, 0.25) is 17.7 Å². The van der Waals surface area contributed by atoms with Gasteiger partial charge in [0.25, 0.3) is 0 Å². The largest absolute Gasteiger partial charge is 0.385 e. The van der Waals surface area contributed by atoms with E-state index in [1.807, 2.05) is 48.5 Å². The maximum absolute atomic E-state index is 13.6. The van der Waals surface area contributed by atoms with Gasteiger partial charge in [-0.25, -0.2) is 0 Å². The lowest BCUT2D eigenvalue weighted by Gasteiger charge is -2.28. The highest BCUT2D eigenvalue weighted by atomic mass is 16.5. The molecule has 0 bridgehead atoms. The van der Waals surface area contributed by atoms with E-state index in [1.165, 1.54) is 10.5 Å². The normalized spacial score (nSPS) is 25.4. The number of hydrogen-bond acceptors (Lipinski definition) is 4. The molecule has 6 heteroatoms. The fraction of sp³-hybridized carbons (Fsp3) is 0.464. The topological polar surface area (TPSA) is 75.7 Å². The Balaban J connectivity index is 1.53. The second kappa shape index (κ2) is 9.34. The predicted octanol–water partition coefficient (Wildman–Crippen LogP) is 3.59. The molecule has 0 spiro atoms. The first kappa shape index (κ1) is 24.1. The van der Waals surface area contributed by atoms with Crippen molar-refractivity contribution >= 4 is 17.7 Å². The highest BCUT2D eigenvalue weighted by Gasteiger charge is 2.62. The number of rotatable bonds is 10. The third-order valence-corrected chi connectivity index (χ3v) is 7.76. The predicted molar refractivity (Wildman–Crippen MR) is 130 cm³/mol. The second-order valence-corrected chi connectivity index (χ2v) is 10.3. The quantitative estimate of drug-likeness (QED) is 0.433. The highest BCUT2D eigenvalue weighted by Crippen LogP contribution is 2.63. The van der Waals surface area contributed by atoms with Crippen molar-refractivity contribution in [2.75, 3.05) is 26.8 Å². The second-order valence-electron chi connectivity index (χ2n) is 10.3. The maximum atomic E-state index is 13.6. The molecule has 1 aliphatic carbocycles. The first-order chi connectivity index (χ1) is 16.3. The first-order valence-corrected chi connectivity index (χ1v) is 12.0. The van der Waals surface area contributed by atoms with Crippen LogP contribution in [0.5, 0.6) is 0 Å². The molecule has 1 saturated heterocycles. The van der Waals surface area contributed by atoms with Crippen LogP contribution >= 0.6 is 0 Å². The smallest absolute Gasteiger partial charge is 0.240 e. The summed E-state index contributed by atoms with van der Waals surface area (Å²) in [5.41, 5.74) is 0.715. The van der Waals surface area contributed by atoms with Crippen molar-refractivity contribution in [1.82, 2.24) is 10.2 Å². The van der Waals surface area contributed by atoms with Gasteiger partial charge in [0, 0.05) is 45.1 Å². The summed E-state index contributed by atoms with van der Waals surface area (Å²) in [6, 6.07) is 19.5. The molecule has 34 heavy (non-hydrogen) atoms. The summed E-state index contributed by atoms with van der Waals surface area (Å²) in [5, 5.41) is 3.12. The summed E-state index contributed by atoms with van der Waals surface area (Å²) < 4.78 is 5.08. The van der Waals surface area contributed by atoms with E-state index in [0.29, 0.717) is 31.7 Å². The van der Waals surface area contributed by atoms with Crippen LogP contribution in [0.2, 0.25) is 0 Å². The van der Waals surface area contributed by atoms with Crippen LogP contribution in [0.25, 0.3) is 0 Å². The van der Waals surface area contributed by atoms with Crippen LogP contribution < -0.4 is 5.32 Å². The van der Waals surface area contributed by atoms with E-state index in [2.05, 4.69) is 31.3 Å². The Kier molecular flexibility index (Phi) is 6.63. The van der Waals surface area contributed by atoms with E-state index in [1.54, 1.807) is 7.11 Å². The summed E-state index contributed by atoms with van der Waals surface area (Å²) in [6.45, 7) is 5.71. The third kappa shape index (κ3) is 4.27. The van der Waals surface area contributed by atoms with Crippen molar-refractivity contribution in [2.45, 2.75) is 50.4 Å². The molecule has 1 heterocycles. The fourth-order valence-corrected chi connectivity index (χ4v) is 5.57. The molecule has 2 atom stereocenters. The van der Waals surface area contributed by atoms with Gasteiger partial charge in [-0.05, 0) is 29.4 Å². The molecule has 1 saturated carbocycles. The molecular weight excluding hydrogens is 428 g/mol. The summed E-state index contributed by atoms with van der Waals surface area (Å²) in [5.74, 6) is -0.733. The Bertz CT molecular complexity index is 1050. The highest BCUT2D eigenvalue weighted by molar-refractivity contribution is 6.10. The molecule has 0 aromatic heterocycles. The molecule has 3 amide bonds. The number of likely N-dealkylation sites (tertiary alicyclic amines) is 1. The van der Waals surface area contributed by atoms with Crippen molar-refractivity contribution in [1.29, 1.82) is 0 Å². The molecule has 4 rings (SSSR count). The number of benzene rings is 2. The molecule has 2 fully saturated rings. The van der Waals surface area contributed by atoms with Gasteiger partial charge in [0.1, 0.15) is 0 Å².